The molecular weight excluding hydrogens is 394 g/mol. The minimum absolute atomic E-state index is 0.138. The van der Waals surface area contributed by atoms with Gasteiger partial charge in [0.1, 0.15) is 0 Å². The Balaban J connectivity index is 1.96. The number of carbonyl (C=O) groups excluding carboxylic acids is 1. The highest BCUT2D eigenvalue weighted by Crippen LogP contribution is 2.28. The Bertz CT molecular complexity index is 859. The predicted molar refractivity (Wildman–Crippen MR) is 126 cm³/mol. The summed E-state index contributed by atoms with van der Waals surface area (Å²) in [5, 5.41) is 11.7. The summed E-state index contributed by atoms with van der Waals surface area (Å²) in [6.45, 7) is 4.02. The first-order valence-corrected chi connectivity index (χ1v) is 11.5. The second kappa shape index (κ2) is 12.9. The number of thioether (sulfide) groups is 1. The van der Waals surface area contributed by atoms with Gasteiger partial charge in [0.2, 0.25) is 0 Å². The minimum atomic E-state index is -0.785. The number of carboxylic acids is 1. The summed E-state index contributed by atoms with van der Waals surface area (Å²) in [6, 6.07) is 16.0. The molecule has 0 atom stereocenters. The smallest absolute Gasteiger partial charge is 0.303 e. The summed E-state index contributed by atoms with van der Waals surface area (Å²) >= 11 is 1.56. The van der Waals surface area contributed by atoms with Gasteiger partial charge in [0.05, 0.1) is 5.69 Å². The number of amides is 1. The molecule has 160 valence electrons. The van der Waals surface area contributed by atoms with Crippen molar-refractivity contribution in [2.75, 3.05) is 11.1 Å². The van der Waals surface area contributed by atoms with Crippen LogP contribution < -0.4 is 5.32 Å². The van der Waals surface area contributed by atoms with E-state index in [2.05, 4.69) is 36.5 Å². The van der Waals surface area contributed by atoms with Gasteiger partial charge in [-0.05, 0) is 61.3 Å². The molecule has 4 nitrogen and oxygen atoms in total. The van der Waals surface area contributed by atoms with Crippen molar-refractivity contribution in [3.05, 3.63) is 65.2 Å². The number of para-hydroxylation sites is 1. The number of carbonyl (C=O) groups is 2. The molecule has 0 aliphatic rings. The van der Waals surface area contributed by atoms with Crippen LogP contribution in [0.15, 0.2) is 59.0 Å². The first-order chi connectivity index (χ1) is 14.5. The summed E-state index contributed by atoms with van der Waals surface area (Å²) < 4.78 is 0. The lowest BCUT2D eigenvalue weighted by Crippen LogP contribution is -2.13. The summed E-state index contributed by atoms with van der Waals surface area (Å²) in [6.07, 6.45) is 7.42. The summed E-state index contributed by atoms with van der Waals surface area (Å²) in [4.78, 5) is 24.3. The monoisotopic (exact) mass is 425 g/mol. The third kappa shape index (κ3) is 8.46. The van der Waals surface area contributed by atoms with Crippen LogP contribution in [0, 0.1) is 0 Å². The second-order valence-corrected chi connectivity index (χ2v) is 8.46. The molecule has 1 amide bonds. The maximum Gasteiger partial charge on any atom is 0.303 e. The first-order valence-electron chi connectivity index (χ1n) is 10.5. The Morgan fingerprint density at radius 3 is 2.47 bits per heavy atom. The van der Waals surface area contributed by atoms with E-state index >= 15 is 0 Å². The number of nitrogens with one attached hydrogen (secondary N) is 1. The fraction of sp³-hybridized carbons (Fsp3) is 0.360. The molecule has 0 saturated heterocycles. The van der Waals surface area contributed by atoms with Gasteiger partial charge in [-0.2, -0.15) is 0 Å². The van der Waals surface area contributed by atoms with Crippen LogP contribution in [-0.2, 0) is 16.0 Å². The van der Waals surface area contributed by atoms with E-state index in [0.717, 1.165) is 22.6 Å². The minimum Gasteiger partial charge on any atom is -0.481 e. The molecule has 0 aromatic heterocycles. The van der Waals surface area contributed by atoms with E-state index in [9.17, 15) is 9.59 Å². The van der Waals surface area contributed by atoms with Crippen LogP contribution in [0.4, 0.5) is 5.69 Å². The van der Waals surface area contributed by atoms with E-state index in [4.69, 9.17) is 5.11 Å². The molecule has 0 bridgehead atoms. The Labute approximate surface area is 183 Å². The van der Waals surface area contributed by atoms with Crippen LogP contribution in [-0.4, -0.2) is 22.7 Å². The zero-order valence-corrected chi connectivity index (χ0v) is 18.6. The van der Waals surface area contributed by atoms with Gasteiger partial charge in [-0.15, -0.1) is 11.8 Å². The fourth-order valence-electron chi connectivity index (χ4n) is 3.00. The molecule has 0 spiro atoms. The molecule has 2 rings (SSSR count). The molecule has 0 saturated carbocycles. The van der Waals surface area contributed by atoms with Gasteiger partial charge in [0.15, 0.2) is 0 Å². The number of unbranched alkanes of at least 4 members (excludes halogenated alkanes) is 2. The number of aryl methyl sites for hydroxylation is 1. The SMILES string of the molecule is CCCCCc1ccc(/C=C(\C)C(=O)Nc2ccccc2SCCCC(=O)O)cc1. The number of benzene rings is 2. The average Bonchev–Trinajstić information content (AvgIpc) is 2.73. The largest absolute Gasteiger partial charge is 0.481 e. The van der Waals surface area contributed by atoms with E-state index < -0.39 is 5.97 Å². The first kappa shape index (κ1) is 23.7. The van der Waals surface area contributed by atoms with Crippen molar-refractivity contribution in [1.82, 2.24) is 0 Å². The normalized spacial score (nSPS) is 11.3. The number of hydrogen-bond acceptors (Lipinski definition) is 3. The zero-order chi connectivity index (χ0) is 21.8. The lowest BCUT2D eigenvalue weighted by molar-refractivity contribution is -0.137. The van der Waals surface area contributed by atoms with E-state index in [0.29, 0.717) is 17.7 Å². The predicted octanol–water partition coefficient (Wildman–Crippen LogP) is 6.42. The van der Waals surface area contributed by atoms with E-state index in [1.165, 1.54) is 24.8 Å². The summed E-state index contributed by atoms with van der Waals surface area (Å²) in [5.74, 6) is -0.230. The molecule has 0 aliphatic carbocycles. The lowest BCUT2D eigenvalue weighted by Gasteiger charge is -2.11. The van der Waals surface area contributed by atoms with Crippen molar-refractivity contribution in [2.24, 2.45) is 0 Å². The fourth-order valence-corrected chi connectivity index (χ4v) is 3.96. The maximum atomic E-state index is 12.7. The van der Waals surface area contributed by atoms with Crippen LogP contribution in [0.5, 0.6) is 0 Å². The Hall–Kier alpha value is -2.53. The van der Waals surface area contributed by atoms with Gasteiger partial charge in [-0.1, -0.05) is 56.2 Å². The maximum absolute atomic E-state index is 12.7. The molecule has 2 aromatic carbocycles. The standard InChI is InChI=1S/C25H31NO3S/c1-3-4-5-9-20-13-15-21(16-14-20)18-19(2)25(29)26-22-10-6-7-11-23(22)30-17-8-12-24(27)28/h6-7,10-11,13-16,18H,3-5,8-9,12,17H2,1-2H3,(H,26,29)(H,27,28)/b19-18+. The van der Waals surface area contributed by atoms with E-state index in [-0.39, 0.29) is 12.3 Å². The second-order valence-electron chi connectivity index (χ2n) is 7.32. The van der Waals surface area contributed by atoms with Crippen LogP contribution in [0.2, 0.25) is 0 Å². The number of carboxylic acid groups (broad SMARTS) is 1. The molecule has 2 aromatic rings. The van der Waals surface area contributed by atoms with Gasteiger partial charge < -0.3 is 10.4 Å². The quantitative estimate of drug-likeness (QED) is 0.234. The number of hydrogen-bond donors (Lipinski definition) is 2. The third-order valence-electron chi connectivity index (χ3n) is 4.72. The summed E-state index contributed by atoms with van der Waals surface area (Å²) in [5.41, 5.74) is 3.73. The Morgan fingerprint density at radius 1 is 1.03 bits per heavy atom. The van der Waals surface area contributed by atoms with Crippen molar-refractivity contribution in [3.63, 3.8) is 0 Å². The van der Waals surface area contributed by atoms with Crippen molar-refractivity contribution in [3.8, 4) is 0 Å². The topological polar surface area (TPSA) is 66.4 Å². The van der Waals surface area contributed by atoms with Crippen LogP contribution in [0.25, 0.3) is 6.08 Å². The molecule has 0 aliphatic heterocycles. The van der Waals surface area contributed by atoms with Crippen LogP contribution >= 0.6 is 11.8 Å². The van der Waals surface area contributed by atoms with E-state index in [1.807, 2.05) is 37.3 Å². The third-order valence-corrected chi connectivity index (χ3v) is 5.88. The molecule has 0 heterocycles. The molecule has 2 N–H and O–H groups in total. The Morgan fingerprint density at radius 2 is 1.77 bits per heavy atom. The van der Waals surface area contributed by atoms with Crippen molar-refractivity contribution in [1.29, 1.82) is 0 Å². The molecule has 0 fully saturated rings. The average molecular weight is 426 g/mol. The molecular formula is C25H31NO3S. The van der Waals surface area contributed by atoms with Gasteiger partial charge >= 0.3 is 5.97 Å². The summed E-state index contributed by atoms with van der Waals surface area (Å²) in [7, 11) is 0. The van der Waals surface area contributed by atoms with Crippen LogP contribution in [0.1, 0.15) is 57.1 Å². The molecule has 0 unspecified atom stereocenters. The number of anilines is 1. The Kier molecular flexibility index (Phi) is 10.2. The number of aliphatic carboxylic acids is 1. The van der Waals surface area contributed by atoms with Gasteiger partial charge in [0.25, 0.3) is 5.91 Å². The highest BCUT2D eigenvalue weighted by molar-refractivity contribution is 7.99. The zero-order valence-electron chi connectivity index (χ0n) is 17.8. The number of rotatable bonds is 12. The molecule has 30 heavy (non-hydrogen) atoms. The lowest BCUT2D eigenvalue weighted by atomic mass is 10.0. The molecule has 0 radical (unpaired) electrons. The van der Waals surface area contributed by atoms with Gasteiger partial charge in [-0.25, -0.2) is 0 Å². The highest BCUT2D eigenvalue weighted by atomic mass is 32.2. The van der Waals surface area contributed by atoms with Gasteiger partial charge in [0, 0.05) is 16.9 Å². The molecule has 5 heteroatoms. The van der Waals surface area contributed by atoms with E-state index in [1.54, 1.807) is 11.8 Å². The van der Waals surface area contributed by atoms with Crippen molar-refractivity contribution < 1.29 is 14.7 Å². The van der Waals surface area contributed by atoms with Crippen LogP contribution in [0.3, 0.4) is 0 Å². The van der Waals surface area contributed by atoms with Crippen molar-refractivity contribution >= 4 is 35.4 Å². The highest BCUT2D eigenvalue weighted by Gasteiger charge is 2.09. The van der Waals surface area contributed by atoms with Gasteiger partial charge in [-0.3, -0.25) is 9.59 Å². The van der Waals surface area contributed by atoms with Crippen molar-refractivity contribution in [2.45, 2.75) is 57.3 Å².